The number of amides is 2. The lowest BCUT2D eigenvalue weighted by Crippen LogP contribution is -2.48. The Morgan fingerprint density at radius 3 is 2.38 bits per heavy atom. The molecule has 3 aromatic rings. The van der Waals surface area contributed by atoms with Gasteiger partial charge in [-0.3, -0.25) is 25.8 Å². The fraction of sp³-hybridized carbons (Fsp3) is 0.150. The largest absolute Gasteiger partial charge is 0.491 e. The number of fused-ring (bicyclic) bond motifs is 1. The highest BCUT2D eigenvalue weighted by Crippen LogP contribution is 2.34. The second-order valence-electron chi connectivity index (χ2n) is 6.29. The maximum atomic E-state index is 12.4. The Bertz CT molecular complexity index is 1060. The molecule has 3 N–H and O–H groups in total. The molecule has 0 aliphatic rings. The average molecular weight is 448 g/mol. The van der Waals surface area contributed by atoms with Crippen LogP contribution < -0.4 is 20.9 Å². The number of carbonyl (C=O) groups is 2. The van der Waals surface area contributed by atoms with E-state index in [1.165, 1.54) is 11.3 Å². The third-order valence-corrected chi connectivity index (χ3v) is 5.62. The molecular formula is C20H18ClN3O3S2. The summed E-state index contributed by atoms with van der Waals surface area (Å²) in [5, 5.41) is 3.65. The zero-order valence-corrected chi connectivity index (χ0v) is 18.0. The van der Waals surface area contributed by atoms with Crippen molar-refractivity contribution in [1.82, 2.24) is 16.2 Å². The number of hydrazine groups is 1. The molecule has 0 aliphatic heterocycles. The van der Waals surface area contributed by atoms with Crippen LogP contribution in [0.25, 0.3) is 10.1 Å². The number of nitrogens with one attached hydrogen (secondary N) is 3. The first kappa shape index (κ1) is 21.0. The van der Waals surface area contributed by atoms with E-state index in [4.69, 9.17) is 28.6 Å². The number of carbonyl (C=O) groups excluding carboxylic acids is 2. The number of thiocarbonyl (C=S) groups is 1. The van der Waals surface area contributed by atoms with Gasteiger partial charge in [-0.1, -0.05) is 29.8 Å². The van der Waals surface area contributed by atoms with Gasteiger partial charge in [-0.25, -0.2) is 0 Å². The summed E-state index contributed by atoms with van der Waals surface area (Å²) in [6.07, 6.45) is 0.0458. The van der Waals surface area contributed by atoms with Gasteiger partial charge in [0.15, 0.2) is 5.11 Å². The number of thiophene rings is 1. The molecule has 6 nitrogen and oxygen atoms in total. The fourth-order valence-corrected chi connectivity index (χ4v) is 4.05. The maximum Gasteiger partial charge on any atom is 0.281 e. The summed E-state index contributed by atoms with van der Waals surface area (Å²) in [5.74, 6) is -0.180. The molecule has 0 fully saturated rings. The van der Waals surface area contributed by atoms with Crippen LogP contribution >= 0.6 is 35.2 Å². The molecule has 0 unspecified atom stereocenters. The van der Waals surface area contributed by atoms with Crippen LogP contribution in [0.15, 0.2) is 48.5 Å². The quantitative estimate of drug-likeness (QED) is 0.410. The van der Waals surface area contributed by atoms with Gasteiger partial charge in [-0.15, -0.1) is 11.3 Å². The van der Waals surface area contributed by atoms with Gasteiger partial charge in [0.05, 0.1) is 11.1 Å². The van der Waals surface area contributed by atoms with Crippen molar-refractivity contribution in [2.75, 3.05) is 0 Å². The highest BCUT2D eigenvalue weighted by Gasteiger charge is 2.17. The average Bonchev–Trinajstić information content (AvgIpc) is 3.03. The maximum absolute atomic E-state index is 12.4. The highest BCUT2D eigenvalue weighted by atomic mass is 35.5. The summed E-state index contributed by atoms with van der Waals surface area (Å²) in [4.78, 5) is 25.0. The molecule has 2 amide bonds. The predicted octanol–water partition coefficient (Wildman–Crippen LogP) is 4.29. The molecule has 0 saturated carbocycles. The summed E-state index contributed by atoms with van der Waals surface area (Å²) in [6.45, 7) is 3.84. The first-order valence-electron chi connectivity index (χ1n) is 8.70. The van der Waals surface area contributed by atoms with Crippen molar-refractivity contribution >= 4 is 62.2 Å². The van der Waals surface area contributed by atoms with Crippen LogP contribution in [0.3, 0.4) is 0 Å². The molecule has 0 radical (unpaired) electrons. The standard InChI is InChI=1S/C20H18ClN3O3S2/c1-11(2)27-13-9-7-12(8-10-13)18(25)22-20(28)24-23-19(26)17-16(21)14-5-3-4-6-15(14)29-17/h3-11H,1-2H3,(H,23,26)(H2,22,24,25,28). The number of rotatable bonds is 4. The van der Waals surface area contributed by atoms with E-state index in [9.17, 15) is 9.59 Å². The van der Waals surface area contributed by atoms with E-state index < -0.39 is 11.8 Å². The van der Waals surface area contributed by atoms with Crippen LogP contribution in [0.1, 0.15) is 33.9 Å². The Hall–Kier alpha value is -2.68. The Morgan fingerprint density at radius 1 is 1.03 bits per heavy atom. The monoisotopic (exact) mass is 447 g/mol. The van der Waals surface area contributed by atoms with Crippen LogP contribution in [-0.2, 0) is 0 Å². The highest BCUT2D eigenvalue weighted by molar-refractivity contribution is 7.80. The van der Waals surface area contributed by atoms with Gasteiger partial charge in [0.1, 0.15) is 10.6 Å². The van der Waals surface area contributed by atoms with Crippen LogP contribution in [0.5, 0.6) is 5.75 Å². The number of halogens is 1. The van der Waals surface area contributed by atoms with Gasteiger partial charge in [-0.05, 0) is 56.4 Å². The Labute approximate surface area is 182 Å². The van der Waals surface area contributed by atoms with Crippen molar-refractivity contribution in [3.05, 3.63) is 64.0 Å². The van der Waals surface area contributed by atoms with Crippen molar-refractivity contribution in [2.24, 2.45) is 0 Å². The third kappa shape index (κ3) is 5.23. The van der Waals surface area contributed by atoms with E-state index in [-0.39, 0.29) is 11.2 Å². The SMILES string of the molecule is CC(C)Oc1ccc(C(=O)NC(=S)NNC(=O)c2sc3ccccc3c2Cl)cc1. The fourth-order valence-electron chi connectivity index (χ4n) is 2.49. The molecule has 0 atom stereocenters. The van der Waals surface area contributed by atoms with Crippen molar-refractivity contribution in [3.8, 4) is 5.75 Å². The summed E-state index contributed by atoms with van der Waals surface area (Å²) < 4.78 is 6.45. The minimum atomic E-state index is -0.442. The van der Waals surface area contributed by atoms with Crippen molar-refractivity contribution < 1.29 is 14.3 Å². The van der Waals surface area contributed by atoms with Gasteiger partial charge >= 0.3 is 0 Å². The number of ether oxygens (including phenoxy) is 1. The van der Waals surface area contributed by atoms with E-state index in [2.05, 4.69) is 16.2 Å². The van der Waals surface area contributed by atoms with Crippen LogP contribution in [0.4, 0.5) is 0 Å². The molecular weight excluding hydrogens is 430 g/mol. The molecule has 0 spiro atoms. The van der Waals surface area contributed by atoms with E-state index in [0.717, 1.165) is 10.1 Å². The van der Waals surface area contributed by atoms with Crippen LogP contribution in [-0.4, -0.2) is 23.0 Å². The van der Waals surface area contributed by atoms with Crippen LogP contribution in [0.2, 0.25) is 5.02 Å². The van der Waals surface area contributed by atoms with Gasteiger partial charge in [-0.2, -0.15) is 0 Å². The first-order valence-corrected chi connectivity index (χ1v) is 10.3. The second-order valence-corrected chi connectivity index (χ2v) is 8.13. The Morgan fingerprint density at radius 2 is 1.72 bits per heavy atom. The third-order valence-electron chi connectivity index (χ3n) is 3.75. The molecule has 0 saturated heterocycles. The predicted molar refractivity (Wildman–Crippen MR) is 120 cm³/mol. The summed E-state index contributed by atoms with van der Waals surface area (Å²) >= 11 is 12.6. The van der Waals surface area contributed by atoms with E-state index in [1.54, 1.807) is 24.3 Å². The number of hydrogen-bond acceptors (Lipinski definition) is 5. The van der Waals surface area contributed by atoms with Gasteiger partial charge < -0.3 is 4.74 Å². The lowest BCUT2D eigenvalue weighted by atomic mass is 10.2. The lowest BCUT2D eigenvalue weighted by Gasteiger charge is -2.12. The van der Waals surface area contributed by atoms with Gasteiger partial charge in [0.2, 0.25) is 0 Å². The Balaban J connectivity index is 1.55. The molecule has 0 bridgehead atoms. The number of hydrogen-bond donors (Lipinski definition) is 3. The molecule has 29 heavy (non-hydrogen) atoms. The molecule has 150 valence electrons. The molecule has 2 aromatic carbocycles. The number of benzene rings is 2. The second kappa shape index (κ2) is 9.21. The minimum Gasteiger partial charge on any atom is -0.491 e. The van der Waals surface area contributed by atoms with Gasteiger partial charge in [0.25, 0.3) is 11.8 Å². The van der Waals surface area contributed by atoms with Crippen LogP contribution in [0, 0.1) is 0 Å². The van der Waals surface area contributed by atoms with Crippen molar-refractivity contribution in [1.29, 1.82) is 0 Å². The molecule has 0 aliphatic carbocycles. The Kier molecular flexibility index (Phi) is 6.68. The van der Waals surface area contributed by atoms with E-state index >= 15 is 0 Å². The zero-order chi connectivity index (χ0) is 21.0. The molecule has 3 rings (SSSR count). The molecule has 1 heterocycles. The summed E-state index contributed by atoms with van der Waals surface area (Å²) in [6, 6.07) is 14.1. The topological polar surface area (TPSA) is 79.5 Å². The van der Waals surface area contributed by atoms with Gasteiger partial charge in [0, 0.05) is 15.6 Å². The van der Waals surface area contributed by atoms with Crippen molar-refractivity contribution in [2.45, 2.75) is 20.0 Å². The summed E-state index contributed by atoms with van der Waals surface area (Å²) in [7, 11) is 0. The van der Waals surface area contributed by atoms with E-state index in [0.29, 0.717) is 21.2 Å². The first-order chi connectivity index (χ1) is 13.8. The zero-order valence-electron chi connectivity index (χ0n) is 15.6. The minimum absolute atomic E-state index is 0.0388. The normalized spacial score (nSPS) is 10.6. The molecule has 1 aromatic heterocycles. The lowest BCUT2D eigenvalue weighted by molar-refractivity contribution is 0.0938. The van der Waals surface area contributed by atoms with Crippen molar-refractivity contribution in [3.63, 3.8) is 0 Å². The smallest absolute Gasteiger partial charge is 0.281 e. The van der Waals surface area contributed by atoms with E-state index in [1.807, 2.05) is 38.1 Å². The summed E-state index contributed by atoms with van der Waals surface area (Å²) in [5.41, 5.74) is 5.37. The molecule has 9 heteroatoms.